The Kier molecular flexibility index (Phi) is 10.2. The van der Waals surface area contributed by atoms with Crippen molar-refractivity contribution in [1.82, 2.24) is 10.6 Å². The van der Waals surface area contributed by atoms with Gasteiger partial charge in [0.1, 0.15) is 0 Å². The highest BCUT2D eigenvalue weighted by Gasteiger charge is 2.39. The third kappa shape index (κ3) is 7.08. The van der Waals surface area contributed by atoms with Gasteiger partial charge in [0, 0.05) is 18.6 Å². The zero-order valence-electron chi connectivity index (χ0n) is 18.5. The number of benzene rings is 2. The Bertz CT molecular complexity index is 880. The summed E-state index contributed by atoms with van der Waals surface area (Å²) in [4.78, 5) is 10.9. The molecule has 4 rings (SSSR count). The minimum absolute atomic E-state index is 0. The molecule has 0 aromatic heterocycles. The molecule has 32 heavy (non-hydrogen) atoms. The molecule has 0 unspecified atom stereocenters. The summed E-state index contributed by atoms with van der Waals surface area (Å²) in [5, 5.41) is 16.4. The number of carbonyl (C=O) groups is 1. The van der Waals surface area contributed by atoms with E-state index in [1.807, 2.05) is 12.1 Å². The van der Waals surface area contributed by atoms with Gasteiger partial charge in [0.15, 0.2) is 0 Å². The lowest BCUT2D eigenvalue weighted by Crippen LogP contribution is -2.44. The molecule has 2 aliphatic rings. The molecule has 2 aromatic carbocycles. The topological polar surface area (TPSA) is 61.4 Å². The largest absolute Gasteiger partial charge is 0.478 e. The van der Waals surface area contributed by atoms with Gasteiger partial charge in [-0.1, -0.05) is 61.0 Å². The zero-order chi connectivity index (χ0) is 20.9. The molecule has 0 radical (unpaired) electrons. The van der Waals surface area contributed by atoms with E-state index >= 15 is 0 Å². The van der Waals surface area contributed by atoms with Crippen LogP contribution in [0.4, 0.5) is 0 Å². The first-order valence-electron chi connectivity index (χ1n) is 11.2. The van der Waals surface area contributed by atoms with E-state index in [0.717, 1.165) is 31.0 Å². The average Bonchev–Trinajstić information content (AvgIpc) is 3.51. The Hall–Kier alpha value is -1.85. The molecule has 0 saturated heterocycles. The fraction of sp³-hybridized carbons (Fsp3) is 0.423. The Morgan fingerprint density at radius 3 is 2.31 bits per heavy atom. The molecule has 0 amide bonds. The highest BCUT2D eigenvalue weighted by Crippen LogP contribution is 2.40. The standard InChI is InChI=1S/C26H32N2O2.2ClH/c1-2-21(12-18-6-4-3-5-7-18)24-15-25(24)28-17-20-13-23(14-20)27-16-19-8-10-22(11-9-19)26(29)30;;/h3-12,20,23-25,27-28H,2,13-17H2,1H3,(H,29,30);2*1H/b21-12+;;/t20?,23?,24-,25+;;/m0../s1. The molecule has 2 atom stereocenters. The van der Waals surface area contributed by atoms with Crippen molar-refractivity contribution in [1.29, 1.82) is 0 Å². The summed E-state index contributed by atoms with van der Waals surface area (Å²) < 4.78 is 0. The van der Waals surface area contributed by atoms with Crippen LogP contribution in [0, 0.1) is 11.8 Å². The molecule has 2 aromatic rings. The van der Waals surface area contributed by atoms with E-state index < -0.39 is 5.97 Å². The number of hydrogen-bond donors (Lipinski definition) is 3. The second-order valence-corrected chi connectivity index (χ2v) is 8.76. The predicted molar refractivity (Wildman–Crippen MR) is 136 cm³/mol. The van der Waals surface area contributed by atoms with Gasteiger partial charge in [-0.05, 0) is 67.3 Å². The van der Waals surface area contributed by atoms with Gasteiger partial charge in [-0.3, -0.25) is 0 Å². The summed E-state index contributed by atoms with van der Waals surface area (Å²) in [6, 6.07) is 19.0. The number of hydrogen-bond acceptors (Lipinski definition) is 3. The Morgan fingerprint density at radius 2 is 1.69 bits per heavy atom. The molecule has 174 valence electrons. The summed E-state index contributed by atoms with van der Waals surface area (Å²) in [5.41, 5.74) is 4.36. The number of nitrogens with one attached hydrogen (secondary N) is 2. The summed E-state index contributed by atoms with van der Waals surface area (Å²) >= 11 is 0. The number of halogens is 2. The third-order valence-electron chi connectivity index (χ3n) is 6.53. The monoisotopic (exact) mass is 476 g/mol. The van der Waals surface area contributed by atoms with Crippen LogP contribution in [0.5, 0.6) is 0 Å². The molecule has 3 N–H and O–H groups in total. The molecule has 0 bridgehead atoms. The number of carboxylic acid groups (broad SMARTS) is 1. The number of carboxylic acids is 1. The van der Waals surface area contributed by atoms with Gasteiger partial charge in [0.05, 0.1) is 5.56 Å². The van der Waals surface area contributed by atoms with E-state index in [4.69, 9.17) is 5.11 Å². The van der Waals surface area contributed by atoms with Crippen molar-refractivity contribution in [2.45, 2.75) is 51.2 Å². The molecule has 2 aliphatic carbocycles. The lowest BCUT2D eigenvalue weighted by molar-refractivity contribution is 0.0697. The van der Waals surface area contributed by atoms with Gasteiger partial charge >= 0.3 is 5.97 Å². The molecule has 6 heteroatoms. The maximum absolute atomic E-state index is 10.9. The fourth-order valence-corrected chi connectivity index (χ4v) is 4.48. The fourth-order valence-electron chi connectivity index (χ4n) is 4.48. The Morgan fingerprint density at radius 1 is 1.00 bits per heavy atom. The van der Waals surface area contributed by atoms with Crippen molar-refractivity contribution in [2.24, 2.45) is 11.8 Å². The van der Waals surface area contributed by atoms with E-state index in [1.54, 1.807) is 17.7 Å². The SMILES string of the molecule is CC/C(=C\c1ccccc1)[C@@H]1C[C@H]1NCC1CC(NCc2ccc(C(=O)O)cc2)C1.Cl.Cl. The van der Waals surface area contributed by atoms with E-state index in [1.165, 1.54) is 24.8 Å². The van der Waals surface area contributed by atoms with E-state index in [9.17, 15) is 4.79 Å². The molecular formula is C26H34Cl2N2O2. The molecule has 4 nitrogen and oxygen atoms in total. The van der Waals surface area contributed by atoms with Gasteiger partial charge in [-0.2, -0.15) is 0 Å². The van der Waals surface area contributed by atoms with Gasteiger partial charge in [-0.25, -0.2) is 4.79 Å². The second-order valence-electron chi connectivity index (χ2n) is 8.76. The van der Waals surface area contributed by atoms with Crippen LogP contribution >= 0.6 is 24.8 Å². The van der Waals surface area contributed by atoms with Gasteiger partial charge in [0.2, 0.25) is 0 Å². The van der Waals surface area contributed by atoms with Gasteiger partial charge in [0.25, 0.3) is 0 Å². The predicted octanol–water partition coefficient (Wildman–Crippen LogP) is 5.57. The van der Waals surface area contributed by atoms with Crippen LogP contribution in [0.3, 0.4) is 0 Å². The molecule has 2 fully saturated rings. The van der Waals surface area contributed by atoms with E-state index in [0.29, 0.717) is 23.6 Å². The van der Waals surface area contributed by atoms with Crippen LogP contribution < -0.4 is 10.6 Å². The summed E-state index contributed by atoms with van der Waals surface area (Å²) in [7, 11) is 0. The first-order chi connectivity index (χ1) is 14.6. The highest BCUT2D eigenvalue weighted by molar-refractivity contribution is 5.87. The van der Waals surface area contributed by atoms with Gasteiger partial charge in [-0.15, -0.1) is 24.8 Å². The Balaban J connectivity index is 0.00000181. The normalized spacial score (nSPS) is 24.0. The molecular weight excluding hydrogens is 443 g/mol. The minimum atomic E-state index is -0.872. The zero-order valence-corrected chi connectivity index (χ0v) is 20.1. The van der Waals surface area contributed by atoms with E-state index in [2.05, 4.69) is 54.0 Å². The van der Waals surface area contributed by atoms with E-state index in [-0.39, 0.29) is 24.8 Å². The van der Waals surface area contributed by atoms with Crippen molar-refractivity contribution in [3.8, 4) is 0 Å². The maximum atomic E-state index is 10.9. The van der Waals surface area contributed by atoms with Crippen LogP contribution in [0.2, 0.25) is 0 Å². The quantitative estimate of drug-likeness (QED) is 0.419. The highest BCUT2D eigenvalue weighted by atomic mass is 35.5. The minimum Gasteiger partial charge on any atom is -0.478 e. The maximum Gasteiger partial charge on any atom is 0.335 e. The third-order valence-corrected chi connectivity index (χ3v) is 6.53. The van der Waals surface area contributed by atoms with Crippen molar-refractivity contribution in [2.75, 3.05) is 6.54 Å². The number of aromatic carboxylic acids is 1. The molecule has 0 heterocycles. The molecule has 2 saturated carbocycles. The summed E-state index contributed by atoms with van der Waals surface area (Å²) in [6.45, 7) is 4.19. The van der Waals surface area contributed by atoms with Crippen LogP contribution in [0.15, 0.2) is 60.2 Å². The van der Waals surface area contributed by atoms with Crippen molar-refractivity contribution < 1.29 is 9.90 Å². The summed E-state index contributed by atoms with van der Waals surface area (Å²) in [6.07, 6.45) is 7.21. The van der Waals surface area contributed by atoms with Crippen LogP contribution in [-0.2, 0) is 6.54 Å². The van der Waals surface area contributed by atoms with Crippen LogP contribution in [0.1, 0.15) is 54.1 Å². The first-order valence-corrected chi connectivity index (χ1v) is 11.2. The lowest BCUT2D eigenvalue weighted by Gasteiger charge is -2.36. The van der Waals surface area contributed by atoms with Gasteiger partial charge < -0.3 is 15.7 Å². The average molecular weight is 477 g/mol. The summed E-state index contributed by atoms with van der Waals surface area (Å²) in [5.74, 6) is 0.600. The van der Waals surface area contributed by atoms with Crippen molar-refractivity contribution >= 4 is 36.9 Å². The van der Waals surface area contributed by atoms with Crippen LogP contribution in [-0.4, -0.2) is 29.7 Å². The smallest absolute Gasteiger partial charge is 0.335 e. The first kappa shape index (κ1) is 26.4. The van der Waals surface area contributed by atoms with Crippen molar-refractivity contribution in [3.63, 3.8) is 0 Å². The molecule has 0 aliphatic heterocycles. The molecule has 0 spiro atoms. The number of rotatable bonds is 10. The van der Waals surface area contributed by atoms with Crippen LogP contribution in [0.25, 0.3) is 6.08 Å². The lowest BCUT2D eigenvalue weighted by atomic mass is 9.80. The Labute approximate surface area is 203 Å². The second kappa shape index (κ2) is 12.4. The van der Waals surface area contributed by atoms with Crippen molar-refractivity contribution in [3.05, 3.63) is 76.9 Å².